The summed E-state index contributed by atoms with van der Waals surface area (Å²) in [5.41, 5.74) is 3.22. The van der Waals surface area contributed by atoms with Crippen molar-refractivity contribution in [2.24, 2.45) is 0 Å². The Bertz CT molecular complexity index is 1130. The van der Waals surface area contributed by atoms with E-state index in [1.54, 1.807) is 0 Å². The normalized spacial score (nSPS) is 15.1. The molecule has 3 heterocycles. The highest BCUT2D eigenvalue weighted by atomic mass is 16.5. The molecule has 146 valence electrons. The van der Waals surface area contributed by atoms with Crippen LogP contribution in [0.5, 0.6) is 0 Å². The minimum Gasteiger partial charge on any atom is -0.354 e. The number of aryl methyl sites for hydroxylation is 1. The number of hydrogen-bond donors (Lipinski definition) is 0. The molecule has 4 aromatic rings. The molecular formula is C23H23N5O. The van der Waals surface area contributed by atoms with Crippen LogP contribution in [0.3, 0.4) is 0 Å². The molecule has 0 atom stereocenters. The first-order valence-corrected chi connectivity index (χ1v) is 9.98. The first-order valence-electron chi connectivity index (χ1n) is 9.98. The van der Waals surface area contributed by atoms with E-state index < -0.39 is 0 Å². The summed E-state index contributed by atoms with van der Waals surface area (Å²) in [5, 5.41) is 5.35. The standard InChI is InChI=1S/C23H23N5O/c1-17-6-2-4-8-19(17)23-25-22(29-26-23)16-27-12-14-28(15-13-27)21-11-10-18-7-3-5-9-20(18)24-21/h2-11H,12-16H2,1H3. The summed E-state index contributed by atoms with van der Waals surface area (Å²) in [6, 6.07) is 20.6. The molecule has 1 aliphatic heterocycles. The molecule has 0 amide bonds. The fraction of sp³-hybridized carbons (Fsp3) is 0.261. The fourth-order valence-corrected chi connectivity index (χ4v) is 3.81. The van der Waals surface area contributed by atoms with Gasteiger partial charge in [-0.1, -0.05) is 47.6 Å². The molecule has 6 heteroatoms. The van der Waals surface area contributed by atoms with Gasteiger partial charge in [0.05, 0.1) is 12.1 Å². The highest BCUT2D eigenvalue weighted by molar-refractivity contribution is 5.80. The van der Waals surface area contributed by atoms with E-state index in [4.69, 9.17) is 9.51 Å². The number of fused-ring (bicyclic) bond motifs is 1. The maximum Gasteiger partial charge on any atom is 0.241 e. The lowest BCUT2D eigenvalue weighted by molar-refractivity contribution is 0.215. The zero-order valence-corrected chi connectivity index (χ0v) is 16.5. The van der Waals surface area contributed by atoms with Crippen LogP contribution in [0.25, 0.3) is 22.3 Å². The third-order valence-electron chi connectivity index (χ3n) is 5.49. The quantitative estimate of drug-likeness (QED) is 0.531. The minimum absolute atomic E-state index is 0.664. The Labute approximate surface area is 169 Å². The zero-order chi connectivity index (χ0) is 19.6. The number of aromatic nitrogens is 3. The molecule has 1 aliphatic rings. The van der Waals surface area contributed by atoms with Crippen molar-refractivity contribution in [2.75, 3.05) is 31.1 Å². The van der Waals surface area contributed by atoms with E-state index in [9.17, 15) is 0 Å². The van der Waals surface area contributed by atoms with E-state index in [1.807, 2.05) is 30.3 Å². The highest BCUT2D eigenvalue weighted by Gasteiger charge is 2.20. The van der Waals surface area contributed by atoms with Crippen molar-refractivity contribution in [3.63, 3.8) is 0 Å². The van der Waals surface area contributed by atoms with E-state index in [0.29, 0.717) is 18.3 Å². The second-order valence-corrected chi connectivity index (χ2v) is 7.45. The van der Waals surface area contributed by atoms with Crippen LogP contribution < -0.4 is 4.90 Å². The van der Waals surface area contributed by atoms with Crippen molar-refractivity contribution in [1.29, 1.82) is 0 Å². The predicted molar refractivity (Wildman–Crippen MR) is 114 cm³/mol. The molecule has 5 rings (SSSR count). The monoisotopic (exact) mass is 385 g/mol. The lowest BCUT2D eigenvalue weighted by atomic mass is 10.1. The number of pyridine rings is 1. The van der Waals surface area contributed by atoms with Gasteiger partial charge in [0.15, 0.2) is 0 Å². The van der Waals surface area contributed by atoms with Crippen molar-refractivity contribution in [2.45, 2.75) is 13.5 Å². The minimum atomic E-state index is 0.664. The summed E-state index contributed by atoms with van der Waals surface area (Å²) in [6.07, 6.45) is 0. The summed E-state index contributed by atoms with van der Waals surface area (Å²) in [5.74, 6) is 2.38. The van der Waals surface area contributed by atoms with Gasteiger partial charge in [0.1, 0.15) is 5.82 Å². The number of piperazine rings is 1. The van der Waals surface area contributed by atoms with E-state index in [1.165, 1.54) is 5.39 Å². The lowest BCUT2D eigenvalue weighted by Gasteiger charge is -2.34. The van der Waals surface area contributed by atoms with Crippen LogP contribution in [-0.4, -0.2) is 46.2 Å². The van der Waals surface area contributed by atoms with Gasteiger partial charge in [-0.05, 0) is 30.7 Å². The van der Waals surface area contributed by atoms with E-state index in [2.05, 4.69) is 57.2 Å². The molecule has 6 nitrogen and oxygen atoms in total. The third-order valence-corrected chi connectivity index (χ3v) is 5.49. The van der Waals surface area contributed by atoms with Crippen LogP contribution in [0.15, 0.2) is 65.2 Å². The number of nitrogens with zero attached hydrogens (tertiary/aromatic N) is 5. The summed E-state index contributed by atoms with van der Waals surface area (Å²) >= 11 is 0. The van der Waals surface area contributed by atoms with E-state index in [-0.39, 0.29) is 0 Å². The van der Waals surface area contributed by atoms with Gasteiger partial charge in [-0.25, -0.2) is 4.98 Å². The van der Waals surface area contributed by atoms with E-state index >= 15 is 0 Å². The average Bonchev–Trinajstić information content (AvgIpc) is 3.22. The molecule has 1 saturated heterocycles. The molecule has 2 aromatic carbocycles. The Kier molecular flexibility index (Phi) is 4.69. The molecule has 0 bridgehead atoms. The van der Waals surface area contributed by atoms with Gasteiger partial charge >= 0.3 is 0 Å². The van der Waals surface area contributed by atoms with Crippen LogP contribution in [0.4, 0.5) is 5.82 Å². The maximum atomic E-state index is 5.51. The van der Waals surface area contributed by atoms with Gasteiger partial charge in [-0.3, -0.25) is 4.90 Å². The van der Waals surface area contributed by atoms with Gasteiger partial charge in [0.25, 0.3) is 0 Å². The Balaban J connectivity index is 1.23. The number of anilines is 1. The second kappa shape index (κ2) is 7.64. The van der Waals surface area contributed by atoms with Crippen molar-refractivity contribution < 1.29 is 4.52 Å². The van der Waals surface area contributed by atoms with Gasteiger partial charge in [-0.15, -0.1) is 0 Å². The lowest BCUT2D eigenvalue weighted by Crippen LogP contribution is -2.46. The number of para-hydroxylation sites is 1. The molecule has 0 aliphatic carbocycles. The SMILES string of the molecule is Cc1ccccc1-c1noc(CN2CCN(c3ccc4ccccc4n3)CC2)n1. The Hall–Kier alpha value is -3.25. The number of rotatable bonds is 4. The molecule has 0 spiro atoms. The number of hydrogen-bond acceptors (Lipinski definition) is 6. The molecule has 2 aromatic heterocycles. The third kappa shape index (κ3) is 3.71. The highest BCUT2D eigenvalue weighted by Crippen LogP contribution is 2.22. The van der Waals surface area contributed by atoms with Crippen molar-refractivity contribution >= 4 is 16.7 Å². The summed E-state index contributed by atoms with van der Waals surface area (Å²) in [7, 11) is 0. The van der Waals surface area contributed by atoms with Gasteiger partial charge in [0, 0.05) is 37.1 Å². The Morgan fingerprint density at radius 2 is 1.66 bits per heavy atom. The van der Waals surface area contributed by atoms with Gasteiger partial charge in [-0.2, -0.15) is 4.98 Å². The molecule has 0 N–H and O–H groups in total. The first-order chi connectivity index (χ1) is 14.3. The topological polar surface area (TPSA) is 58.3 Å². The average molecular weight is 385 g/mol. The van der Waals surface area contributed by atoms with Gasteiger partial charge in [0.2, 0.25) is 11.7 Å². The first kappa shape index (κ1) is 17.8. The smallest absolute Gasteiger partial charge is 0.241 e. The molecular weight excluding hydrogens is 362 g/mol. The predicted octanol–water partition coefficient (Wildman–Crippen LogP) is 3.92. The van der Waals surface area contributed by atoms with Crippen LogP contribution in [0.2, 0.25) is 0 Å². The fourth-order valence-electron chi connectivity index (χ4n) is 3.81. The Morgan fingerprint density at radius 3 is 2.52 bits per heavy atom. The van der Waals surface area contributed by atoms with Crippen LogP contribution in [-0.2, 0) is 6.54 Å². The number of benzene rings is 2. The van der Waals surface area contributed by atoms with Crippen molar-refractivity contribution in [1.82, 2.24) is 20.0 Å². The molecule has 0 saturated carbocycles. The molecule has 29 heavy (non-hydrogen) atoms. The van der Waals surface area contributed by atoms with Gasteiger partial charge < -0.3 is 9.42 Å². The van der Waals surface area contributed by atoms with E-state index in [0.717, 1.165) is 48.6 Å². The maximum absolute atomic E-state index is 5.51. The molecule has 0 radical (unpaired) electrons. The summed E-state index contributed by atoms with van der Waals surface area (Å²) in [4.78, 5) is 14.1. The van der Waals surface area contributed by atoms with Crippen LogP contribution >= 0.6 is 0 Å². The second-order valence-electron chi connectivity index (χ2n) is 7.45. The van der Waals surface area contributed by atoms with Crippen LogP contribution in [0, 0.1) is 6.92 Å². The zero-order valence-electron chi connectivity index (χ0n) is 16.5. The van der Waals surface area contributed by atoms with Crippen molar-refractivity contribution in [3.05, 3.63) is 72.1 Å². The van der Waals surface area contributed by atoms with Crippen molar-refractivity contribution in [3.8, 4) is 11.4 Å². The summed E-state index contributed by atoms with van der Waals surface area (Å²) in [6.45, 7) is 6.49. The van der Waals surface area contributed by atoms with Crippen LogP contribution in [0.1, 0.15) is 11.5 Å². The summed E-state index contributed by atoms with van der Waals surface area (Å²) < 4.78 is 5.51. The Morgan fingerprint density at radius 1 is 0.862 bits per heavy atom. The molecule has 0 unspecified atom stereocenters. The largest absolute Gasteiger partial charge is 0.354 e. The molecule has 1 fully saturated rings.